The third-order valence-electron chi connectivity index (χ3n) is 5.55. The number of methoxy groups -OCH3 is 1. The van der Waals surface area contributed by atoms with Gasteiger partial charge < -0.3 is 18.9 Å². The minimum atomic E-state index is -0.553. The van der Waals surface area contributed by atoms with Crippen molar-refractivity contribution in [2.45, 2.75) is 84.9 Å². The molecule has 0 bridgehead atoms. The topological polar surface area (TPSA) is 73.7 Å². The summed E-state index contributed by atoms with van der Waals surface area (Å²) in [5.41, 5.74) is 1.41. The number of aromatic nitrogens is 2. The Kier molecular flexibility index (Phi) is 11.1. The highest BCUT2D eigenvalue weighted by Crippen LogP contribution is 2.18. The molecule has 34 heavy (non-hydrogen) atoms. The number of aryl methyl sites for hydroxylation is 1. The van der Waals surface area contributed by atoms with E-state index >= 15 is 0 Å². The number of esters is 1. The fourth-order valence-electron chi connectivity index (χ4n) is 3.76. The lowest BCUT2D eigenvalue weighted by Gasteiger charge is -2.27. The highest BCUT2D eigenvalue weighted by Gasteiger charge is 2.24. The molecule has 7 nitrogen and oxygen atoms in total. The molecular formula is C27H41N3O4. The van der Waals surface area contributed by atoms with E-state index in [4.69, 9.17) is 9.47 Å². The number of rotatable bonds is 13. The number of ether oxygens (including phenoxy) is 2. The van der Waals surface area contributed by atoms with Gasteiger partial charge in [0.15, 0.2) is 0 Å². The number of imidazole rings is 1. The lowest BCUT2D eigenvalue weighted by atomic mass is 9.97. The molecule has 1 aromatic carbocycles. The highest BCUT2D eigenvalue weighted by molar-refractivity contribution is 5.72. The maximum absolute atomic E-state index is 12.8. The molecule has 1 unspecified atom stereocenters. The van der Waals surface area contributed by atoms with Crippen molar-refractivity contribution in [2.75, 3.05) is 13.7 Å². The Hall–Kier alpha value is -2.83. The van der Waals surface area contributed by atoms with Crippen LogP contribution in [0.25, 0.3) is 0 Å². The Bertz CT molecular complexity index is 874. The standard InChI is InChI=1S/C27H41N3O4/c1-6-7-16-29-20-24(28-21-29)18-23(25(31)33-5)15-11-12-17-30(26(32)34-27(2,3)4)19-22-13-9-8-10-14-22/h8-10,13-14,20-21,23H,6-7,11-12,15-19H2,1-5H3. The van der Waals surface area contributed by atoms with E-state index in [0.29, 0.717) is 25.9 Å². The Morgan fingerprint density at radius 2 is 1.85 bits per heavy atom. The molecule has 0 aliphatic heterocycles. The summed E-state index contributed by atoms with van der Waals surface area (Å²) in [5.74, 6) is -0.458. The van der Waals surface area contributed by atoms with E-state index in [1.165, 1.54) is 7.11 Å². The lowest BCUT2D eigenvalue weighted by Crippen LogP contribution is -2.37. The maximum Gasteiger partial charge on any atom is 0.410 e. The normalized spacial score (nSPS) is 12.3. The molecule has 0 fully saturated rings. The Labute approximate surface area is 204 Å². The molecule has 1 aromatic heterocycles. The first-order valence-corrected chi connectivity index (χ1v) is 12.3. The molecule has 0 saturated carbocycles. The summed E-state index contributed by atoms with van der Waals surface area (Å²) in [4.78, 5) is 31.4. The third kappa shape index (κ3) is 9.98. The monoisotopic (exact) mass is 471 g/mol. The highest BCUT2D eigenvalue weighted by atomic mass is 16.6. The maximum atomic E-state index is 12.8. The molecule has 0 aliphatic rings. The quantitative estimate of drug-likeness (QED) is 0.280. The molecule has 1 heterocycles. The summed E-state index contributed by atoms with van der Waals surface area (Å²) >= 11 is 0. The molecule has 0 radical (unpaired) electrons. The van der Waals surface area contributed by atoms with E-state index in [9.17, 15) is 9.59 Å². The van der Waals surface area contributed by atoms with E-state index in [2.05, 4.69) is 16.5 Å². The van der Waals surface area contributed by atoms with Crippen molar-refractivity contribution in [3.63, 3.8) is 0 Å². The summed E-state index contributed by atoms with van der Waals surface area (Å²) in [5, 5.41) is 0. The largest absolute Gasteiger partial charge is 0.469 e. The summed E-state index contributed by atoms with van der Waals surface area (Å²) in [6, 6.07) is 9.90. The molecule has 2 rings (SSSR count). The number of hydrogen-bond acceptors (Lipinski definition) is 5. The molecule has 188 valence electrons. The van der Waals surface area contributed by atoms with Crippen molar-refractivity contribution in [1.29, 1.82) is 0 Å². The van der Waals surface area contributed by atoms with Gasteiger partial charge in [0, 0.05) is 32.3 Å². The van der Waals surface area contributed by atoms with Crippen molar-refractivity contribution in [1.82, 2.24) is 14.5 Å². The number of unbranched alkanes of at least 4 members (excludes halogenated alkanes) is 2. The van der Waals surface area contributed by atoms with Crippen LogP contribution >= 0.6 is 0 Å². The minimum Gasteiger partial charge on any atom is -0.469 e. The molecule has 0 spiro atoms. The van der Waals surface area contributed by atoms with Crippen molar-refractivity contribution in [3.8, 4) is 0 Å². The van der Waals surface area contributed by atoms with Gasteiger partial charge in [-0.3, -0.25) is 4.79 Å². The Balaban J connectivity index is 1.93. The van der Waals surface area contributed by atoms with Crippen molar-refractivity contribution in [2.24, 2.45) is 5.92 Å². The van der Waals surface area contributed by atoms with Gasteiger partial charge in [0.1, 0.15) is 5.60 Å². The number of nitrogens with zero attached hydrogens (tertiary/aromatic N) is 3. The molecule has 0 N–H and O–H groups in total. The SMILES string of the molecule is CCCCn1cnc(CC(CCCCN(Cc2ccccc2)C(=O)OC(C)(C)C)C(=O)OC)c1. The zero-order valence-corrected chi connectivity index (χ0v) is 21.5. The number of benzene rings is 1. The second kappa shape index (κ2) is 13.8. The van der Waals surface area contributed by atoms with Crippen LogP contribution in [0.2, 0.25) is 0 Å². The number of carbonyl (C=O) groups excluding carboxylic acids is 2. The van der Waals surface area contributed by atoms with Crippen molar-refractivity contribution in [3.05, 3.63) is 54.1 Å². The smallest absolute Gasteiger partial charge is 0.410 e. The number of carbonyl (C=O) groups is 2. The van der Waals surface area contributed by atoms with Crippen LogP contribution in [0, 0.1) is 5.92 Å². The van der Waals surface area contributed by atoms with Gasteiger partial charge in [-0.25, -0.2) is 9.78 Å². The summed E-state index contributed by atoms with van der Waals surface area (Å²) in [6.45, 7) is 9.76. The molecular weight excluding hydrogens is 430 g/mol. The summed E-state index contributed by atoms with van der Waals surface area (Å²) < 4.78 is 12.7. The fraction of sp³-hybridized carbons (Fsp3) is 0.593. The molecule has 1 atom stereocenters. The third-order valence-corrected chi connectivity index (χ3v) is 5.55. The first-order valence-electron chi connectivity index (χ1n) is 12.3. The predicted molar refractivity (Wildman–Crippen MR) is 133 cm³/mol. The second-order valence-corrected chi connectivity index (χ2v) is 9.76. The number of amides is 1. The molecule has 2 aromatic rings. The zero-order chi connectivity index (χ0) is 25.0. The van der Waals surface area contributed by atoms with E-state index < -0.39 is 5.60 Å². The average molecular weight is 472 g/mol. The van der Waals surface area contributed by atoms with Crippen molar-refractivity contribution >= 4 is 12.1 Å². The van der Waals surface area contributed by atoms with Gasteiger partial charge in [-0.15, -0.1) is 0 Å². The first-order chi connectivity index (χ1) is 16.2. The zero-order valence-electron chi connectivity index (χ0n) is 21.5. The van der Waals surface area contributed by atoms with Gasteiger partial charge in [0.25, 0.3) is 0 Å². The van der Waals surface area contributed by atoms with Crippen LogP contribution in [0.15, 0.2) is 42.9 Å². The molecule has 7 heteroatoms. The summed E-state index contributed by atoms with van der Waals surface area (Å²) in [7, 11) is 1.43. The molecule has 0 saturated heterocycles. The van der Waals surface area contributed by atoms with Gasteiger partial charge in [-0.2, -0.15) is 0 Å². The van der Waals surface area contributed by atoms with E-state index in [1.807, 2.05) is 63.6 Å². The fourth-order valence-corrected chi connectivity index (χ4v) is 3.76. The minimum absolute atomic E-state index is 0.212. The number of hydrogen-bond donors (Lipinski definition) is 0. The Morgan fingerprint density at radius 3 is 2.50 bits per heavy atom. The van der Waals surface area contributed by atoms with E-state index in [1.54, 1.807) is 4.90 Å². The van der Waals surface area contributed by atoms with Gasteiger partial charge in [-0.1, -0.05) is 50.1 Å². The summed E-state index contributed by atoms with van der Waals surface area (Å²) in [6.07, 6.45) is 8.58. The van der Waals surface area contributed by atoms with Crippen LogP contribution in [-0.4, -0.2) is 45.8 Å². The second-order valence-electron chi connectivity index (χ2n) is 9.76. The van der Waals surface area contributed by atoms with E-state index in [-0.39, 0.29) is 18.0 Å². The van der Waals surface area contributed by atoms with Crippen LogP contribution in [0.4, 0.5) is 4.79 Å². The van der Waals surface area contributed by atoms with Crippen LogP contribution < -0.4 is 0 Å². The first kappa shape index (κ1) is 27.4. The molecule has 1 amide bonds. The Morgan fingerprint density at radius 1 is 1.12 bits per heavy atom. The van der Waals surface area contributed by atoms with Gasteiger partial charge in [0.2, 0.25) is 0 Å². The lowest BCUT2D eigenvalue weighted by molar-refractivity contribution is -0.145. The van der Waals surface area contributed by atoms with Crippen LogP contribution in [0.3, 0.4) is 0 Å². The van der Waals surface area contributed by atoms with Gasteiger partial charge in [-0.05, 0) is 45.6 Å². The van der Waals surface area contributed by atoms with Crippen molar-refractivity contribution < 1.29 is 19.1 Å². The molecule has 0 aliphatic carbocycles. The van der Waals surface area contributed by atoms with Gasteiger partial charge >= 0.3 is 12.1 Å². The predicted octanol–water partition coefficient (Wildman–Crippen LogP) is 5.62. The van der Waals surface area contributed by atoms with E-state index in [0.717, 1.165) is 43.5 Å². The van der Waals surface area contributed by atoms with Crippen LogP contribution in [-0.2, 0) is 33.8 Å². The van der Waals surface area contributed by atoms with Gasteiger partial charge in [0.05, 0.1) is 25.0 Å². The van der Waals surface area contributed by atoms with Crippen LogP contribution in [0.1, 0.15) is 71.1 Å². The average Bonchev–Trinajstić information content (AvgIpc) is 3.25. The van der Waals surface area contributed by atoms with Crippen LogP contribution in [0.5, 0.6) is 0 Å².